The van der Waals surface area contributed by atoms with Crippen LogP contribution >= 0.6 is 0 Å². The van der Waals surface area contributed by atoms with Gasteiger partial charge in [-0.05, 0) is 30.7 Å². The van der Waals surface area contributed by atoms with Gasteiger partial charge in [-0.1, -0.05) is 18.2 Å². The van der Waals surface area contributed by atoms with E-state index in [1.54, 1.807) is 14.0 Å². The number of nitrogens with zero attached hydrogens (tertiary/aromatic N) is 2. The molecule has 0 spiro atoms. The fourth-order valence-electron chi connectivity index (χ4n) is 2.92. The summed E-state index contributed by atoms with van der Waals surface area (Å²) < 4.78 is 32.7. The maximum atomic E-state index is 13.1. The maximum Gasteiger partial charge on any atom is 0.319 e. The van der Waals surface area contributed by atoms with Gasteiger partial charge in [0, 0.05) is 19.2 Å². The standard InChI is InChI=1S/C17H18F2N2O2/c1-11-7-8-14(21(11)17(18)19)16(22)20(2)10-13-9-12-5-3-4-6-15(12)23-13/h3-8,13,17H,9-10H2,1-2H3. The molecule has 0 radical (unpaired) electrons. The Morgan fingerprint density at radius 2 is 2.09 bits per heavy atom. The number of fused-ring (bicyclic) bond motifs is 1. The fraction of sp³-hybridized carbons (Fsp3) is 0.353. The molecule has 23 heavy (non-hydrogen) atoms. The van der Waals surface area contributed by atoms with E-state index < -0.39 is 12.5 Å². The second-order valence-electron chi connectivity index (χ2n) is 5.74. The first-order chi connectivity index (χ1) is 11.0. The Morgan fingerprint density at radius 1 is 1.35 bits per heavy atom. The summed E-state index contributed by atoms with van der Waals surface area (Å²) in [4.78, 5) is 13.9. The summed E-state index contributed by atoms with van der Waals surface area (Å²) in [6.45, 7) is -0.829. The van der Waals surface area contributed by atoms with Gasteiger partial charge in [-0.15, -0.1) is 0 Å². The minimum atomic E-state index is -2.73. The van der Waals surface area contributed by atoms with Crippen molar-refractivity contribution in [2.24, 2.45) is 0 Å². The van der Waals surface area contributed by atoms with Crippen molar-refractivity contribution in [3.05, 3.63) is 53.3 Å². The lowest BCUT2D eigenvalue weighted by Crippen LogP contribution is -2.37. The Labute approximate surface area is 133 Å². The second kappa shape index (κ2) is 6.02. The Balaban J connectivity index is 1.70. The molecule has 4 nitrogen and oxygen atoms in total. The molecule has 0 N–H and O–H groups in total. The van der Waals surface area contributed by atoms with Crippen molar-refractivity contribution < 1.29 is 18.3 Å². The van der Waals surface area contributed by atoms with E-state index in [2.05, 4.69) is 0 Å². The zero-order chi connectivity index (χ0) is 16.6. The van der Waals surface area contributed by atoms with Crippen molar-refractivity contribution in [3.63, 3.8) is 0 Å². The zero-order valence-electron chi connectivity index (χ0n) is 13.0. The summed E-state index contributed by atoms with van der Waals surface area (Å²) in [7, 11) is 1.60. The summed E-state index contributed by atoms with van der Waals surface area (Å²) in [5, 5.41) is 0. The minimum Gasteiger partial charge on any atom is -0.488 e. The second-order valence-corrected chi connectivity index (χ2v) is 5.74. The smallest absolute Gasteiger partial charge is 0.319 e. The number of likely N-dealkylation sites (N-methyl/N-ethyl adjacent to an activating group) is 1. The van der Waals surface area contributed by atoms with E-state index in [1.165, 1.54) is 17.0 Å². The number of carbonyl (C=O) groups is 1. The zero-order valence-corrected chi connectivity index (χ0v) is 13.0. The molecule has 2 heterocycles. The molecule has 0 saturated heterocycles. The molecule has 6 heteroatoms. The van der Waals surface area contributed by atoms with Crippen LogP contribution in [-0.2, 0) is 6.42 Å². The monoisotopic (exact) mass is 320 g/mol. The summed E-state index contributed by atoms with van der Waals surface area (Å²) in [5.41, 5.74) is 1.46. The lowest BCUT2D eigenvalue weighted by molar-refractivity contribution is 0.0544. The summed E-state index contributed by atoms with van der Waals surface area (Å²) in [5.74, 6) is 0.392. The van der Waals surface area contributed by atoms with E-state index in [1.807, 2.05) is 24.3 Å². The first kappa shape index (κ1) is 15.5. The Kier molecular flexibility index (Phi) is 4.07. The van der Waals surface area contributed by atoms with E-state index in [9.17, 15) is 13.6 Å². The average Bonchev–Trinajstić information content (AvgIpc) is 3.08. The molecule has 1 atom stereocenters. The lowest BCUT2D eigenvalue weighted by Gasteiger charge is -2.22. The molecular weight excluding hydrogens is 302 g/mol. The molecule has 1 unspecified atom stereocenters. The van der Waals surface area contributed by atoms with Crippen LogP contribution in [0.2, 0.25) is 0 Å². The molecule has 1 aromatic heterocycles. The fourth-order valence-corrected chi connectivity index (χ4v) is 2.92. The summed E-state index contributed by atoms with van der Waals surface area (Å²) >= 11 is 0. The van der Waals surface area contributed by atoms with Gasteiger partial charge in [0.2, 0.25) is 0 Å². The van der Waals surface area contributed by atoms with Crippen LogP contribution in [0.15, 0.2) is 36.4 Å². The van der Waals surface area contributed by atoms with Crippen LogP contribution in [0.4, 0.5) is 8.78 Å². The van der Waals surface area contributed by atoms with Crippen molar-refractivity contribution in [1.29, 1.82) is 0 Å². The van der Waals surface area contributed by atoms with Crippen molar-refractivity contribution in [2.45, 2.75) is 26.0 Å². The normalized spacial score (nSPS) is 16.3. The van der Waals surface area contributed by atoms with Gasteiger partial charge >= 0.3 is 6.55 Å². The van der Waals surface area contributed by atoms with Gasteiger partial charge in [-0.2, -0.15) is 8.78 Å². The van der Waals surface area contributed by atoms with Crippen LogP contribution < -0.4 is 4.74 Å². The first-order valence-corrected chi connectivity index (χ1v) is 7.43. The number of carbonyl (C=O) groups excluding carboxylic acids is 1. The van der Waals surface area contributed by atoms with E-state index >= 15 is 0 Å². The molecule has 0 fully saturated rings. The number of ether oxygens (including phenoxy) is 1. The largest absolute Gasteiger partial charge is 0.488 e. The SMILES string of the molecule is Cc1ccc(C(=O)N(C)CC2Cc3ccccc3O2)n1C(F)F. The molecule has 2 aromatic rings. The number of hydrogen-bond acceptors (Lipinski definition) is 2. The number of hydrogen-bond donors (Lipinski definition) is 0. The van der Waals surface area contributed by atoms with Gasteiger partial charge in [0.1, 0.15) is 17.5 Å². The number of benzene rings is 1. The predicted molar refractivity (Wildman–Crippen MR) is 81.9 cm³/mol. The minimum absolute atomic E-state index is 0.00416. The van der Waals surface area contributed by atoms with Gasteiger partial charge in [0.15, 0.2) is 0 Å². The number of para-hydroxylation sites is 1. The van der Waals surface area contributed by atoms with E-state index in [0.717, 1.165) is 15.9 Å². The number of rotatable bonds is 4. The van der Waals surface area contributed by atoms with E-state index in [4.69, 9.17) is 4.74 Å². The maximum absolute atomic E-state index is 13.1. The third-order valence-corrected chi connectivity index (χ3v) is 4.07. The highest BCUT2D eigenvalue weighted by atomic mass is 19.3. The molecule has 1 aliphatic rings. The average molecular weight is 320 g/mol. The van der Waals surface area contributed by atoms with Gasteiger partial charge in [0.25, 0.3) is 5.91 Å². The molecule has 1 aliphatic heterocycles. The number of aryl methyl sites for hydroxylation is 1. The molecule has 3 rings (SSSR count). The topological polar surface area (TPSA) is 34.5 Å². The van der Waals surface area contributed by atoms with Crippen LogP contribution in [0.5, 0.6) is 5.75 Å². The number of alkyl halides is 2. The van der Waals surface area contributed by atoms with Crippen molar-refractivity contribution in [3.8, 4) is 5.75 Å². The number of amides is 1. The highest BCUT2D eigenvalue weighted by Gasteiger charge is 2.27. The molecular formula is C17H18F2N2O2. The molecule has 0 aliphatic carbocycles. The Bertz CT molecular complexity index is 702. The number of halogens is 2. The molecule has 0 saturated carbocycles. The van der Waals surface area contributed by atoms with Crippen LogP contribution in [0.1, 0.15) is 28.3 Å². The lowest BCUT2D eigenvalue weighted by atomic mass is 10.1. The van der Waals surface area contributed by atoms with E-state index in [0.29, 0.717) is 18.7 Å². The van der Waals surface area contributed by atoms with Crippen molar-refractivity contribution in [1.82, 2.24) is 9.47 Å². The van der Waals surface area contributed by atoms with Gasteiger partial charge in [0.05, 0.1) is 6.54 Å². The van der Waals surface area contributed by atoms with Gasteiger partial charge < -0.3 is 9.64 Å². The van der Waals surface area contributed by atoms with Crippen LogP contribution in [0, 0.1) is 6.92 Å². The molecule has 1 amide bonds. The highest BCUT2D eigenvalue weighted by Crippen LogP contribution is 2.28. The predicted octanol–water partition coefficient (Wildman–Crippen LogP) is 3.27. The van der Waals surface area contributed by atoms with Crippen LogP contribution in [0.25, 0.3) is 0 Å². The quantitative estimate of drug-likeness (QED) is 0.866. The van der Waals surface area contributed by atoms with Gasteiger partial charge in [-0.25, -0.2) is 0 Å². The van der Waals surface area contributed by atoms with Gasteiger partial charge in [-0.3, -0.25) is 9.36 Å². The third kappa shape index (κ3) is 2.93. The summed E-state index contributed by atoms with van der Waals surface area (Å²) in [6, 6.07) is 10.7. The molecule has 1 aromatic carbocycles. The first-order valence-electron chi connectivity index (χ1n) is 7.43. The number of aromatic nitrogens is 1. The Hall–Kier alpha value is -2.37. The van der Waals surface area contributed by atoms with Crippen molar-refractivity contribution in [2.75, 3.05) is 13.6 Å². The van der Waals surface area contributed by atoms with Crippen LogP contribution in [-0.4, -0.2) is 35.1 Å². The molecule has 0 bridgehead atoms. The van der Waals surface area contributed by atoms with E-state index in [-0.39, 0.29) is 11.8 Å². The highest BCUT2D eigenvalue weighted by molar-refractivity contribution is 5.92. The van der Waals surface area contributed by atoms with Crippen LogP contribution in [0.3, 0.4) is 0 Å². The third-order valence-electron chi connectivity index (χ3n) is 4.07. The molecule has 122 valence electrons. The summed E-state index contributed by atoms with van der Waals surface area (Å²) in [6.07, 6.45) is 0.556. The van der Waals surface area contributed by atoms with Crippen molar-refractivity contribution >= 4 is 5.91 Å². The Morgan fingerprint density at radius 3 is 2.78 bits per heavy atom.